The number of hydrogen-bond acceptors (Lipinski definition) is 3. The average Bonchev–Trinajstić information content (AvgIpc) is 3.07. The van der Waals surface area contributed by atoms with Gasteiger partial charge in [0.1, 0.15) is 11.3 Å². The highest BCUT2D eigenvalue weighted by Crippen LogP contribution is 2.45. The quantitative estimate of drug-likeness (QED) is 0.720. The third-order valence-corrected chi connectivity index (χ3v) is 4.69. The minimum Gasteiger partial charge on any atom is -0.493 e. The zero-order valence-electron chi connectivity index (χ0n) is 12.8. The number of nitrogens with one attached hydrogen (secondary N) is 2. The van der Waals surface area contributed by atoms with Crippen LogP contribution in [0.4, 0.5) is 0 Å². The van der Waals surface area contributed by atoms with Crippen LogP contribution in [-0.4, -0.2) is 21.1 Å². The molecule has 23 heavy (non-hydrogen) atoms. The lowest BCUT2D eigenvalue weighted by Gasteiger charge is -2.12. The Hall–Kier alpha value is -2.34. The van der Waals surface area contributed by atoms with Gasteiger partial charge in [-0.2, -0.15) is 0 Å². The van der Waals surface area contributed by atoms with Gasteiger partial charge in [-0.05, 0) is 55.4 Å². The van der Waals surface area contributed by atoms with Crippen LogP contribution in [0.15, 0.2) is 41.3 Å². The molecule has 0 unspecified atom stereocenters. The van der Waals surface area contributed by atoms with Crippen LogP contribution in [0, 0.1) is 10.2 Å². The van der Waals surface area contributed by atoms with Crippen LogP contribution in [0.5, 0.6) is 5.75 Å². The number of ether oxygens (including phenoxy) is 1. The maximum Gasteiger partial charge on any atom is 0.276 e. The SMILES string of the molecule is CC1(COc2ccc(-n3c(=S)[nH]c(=O)c4[nH]ccc43)cc2)CC1. The van der Waals surface area contributed by atoms with Crippen molar-refractivity contribution < 1.29 is 4.74 Å². The van der Waals surface area contributed by atoms with Gasteiger partial charge in [0.25, 0.3) is 5.56 Å². The fraction of sp³-hybridized carbons (Fsp3) is 0.294. The topological polar surface area (TPSA) is 62.8 Å². The van der Waals surface area contributed by atoms with Crippen molar-refractivity contribution in [3.05, 3.63) is 51.7 Å². The highest BCUT2D eigenvalue weighted by molar-refractivity contribution is 7.71. The average molecular weight is 327 g/mol. The Labute approximate surface area is 137 Å². The fourth-order valence-corrected chi connectivity index (χ4v) is 2.91. The molecule has 1 aromatic carbocycles. The molecular formula is C17H17N3O2S. The van der Waals surface area contributed by atoms with Crippen LogP contribution in [0.3, 0.4) is 0 Å². The van der Waals surface area contributed by atoms with Gasteiger partial charge in [-0.25, -0.2) is 0 Å². The number of aromatic nitrogens is 3. The molecule has 0 spiro atoms. The number of nitrogens with zero attached hydrogens (tertiary/aromatic N) is 1. The van der Waals surface area contributed by atoms with Gasteiger partial charge < -0.3 is 9.72 Å². The molecule has 0 saturated heterocycles. The molecule has 1 aliphatic rings. The van der Waals surface area contributed by atoms with Crippen molar-refractivity contribution in [2.24, 2.45) is 5.41 Å². The Morgan fingerprint density at radius 1 is 1.26 bits per heavy atom. The first-order valence-electron chi connectivity index (χ1n) is 7.61. The monoisotopic (exact) mass is 327 g/mol. The lowest BCUT2D eigenvalue weighted by Crippen LogP contribution is -2.13. The predicted molar refractivity (Wildman–Crippen MR) is 91.9 cm³/mol. The first-order valence-corrected chi connectivity index (χ1v) is 8.02. The largest absolute Gasteiger partial charge is 0.493 e. The zero-order chi connectivity index (χ0) is 16.0. The first-order chi connectivity index (χ1) is 11.1. The minimum atomic E-state index is -0.205. The summed E-state index contributed by atoms with van der Waals surface area (Å²) in [7, 11) is 0. The highest BCUT2D eigenvalue weighted by Gasteiger charge is 2.38. The summed E-state index contributed by atoms with van der Waals surface area (Å²) >= 11 is 5.32. The normalized spacial score (nSPS) is 15.7. The third kappa shape index (κ3) is 2.59. The number of benzene rings is 1. The second kappa shape index (κ2) is 5.09. The third-order valence-electron chi connectivity index (χ3n) is 4.40. The molecule has 1 fully saturated rings. The maximum absolute atomic E-state index is 11.9. The molecule has 5 nitrogen and oxygen atoms in total. The molecule has 6 heteroatoms. The van der Waals surface area contributed by atoms with E-state index in [1.54, 1.807) is 6.20 Å². The Balaban J connectivity index is 1.69. The summed E-state index contributed by atoms with van der Waals surface area (Å²) in [5.41, 5.74) is 2.32. The van der Waals surface area contributed by atoms with Gasteiger partial charge in [0.15, 0.2) is 4.77 Å². The molecule has 4 rings (SSSR count). The molecule has 3 aromatic rings. The van der Waals surface area contributed by atoms with Crippen LogP contribution in [0.25, 0.3) is 16.7 Å². The van der Waals surface area contributed by atoms with Gasteiger partial charge in [0.2, 0.25) is 0 Å². The van der Waals surface area contributed by atoms with Crippen molar-refractivity contribution in [3.8, 4) is 11.4 Å². The smallest absolute Gasteiger partial charge is 0.276 e. The van der Waals surface area contributed by atoms with Gasteiger partial charge in [-0.15, -0.1) is 0 Å². The van der Waals surface area contributed by atoms with Gasteiger partial charge in [-0.1, -0.05) is 6.92 Å². The molecular weight excluding hydrogens is 310 g/mol. The van der Waals surface area contributed by atoms with Crippen LogP contribution in [-0.2, 0) is 0 Å². The summed E-state index contributed by atoms with van der Waals surface area (Å²) in [5, 5.41) is 0. The number of aromatic amines is 2. The number of hydrogen-bond donors (Lipinski definition) is 2. The van der Waals surface area contributed by atoms with Crippen molar-refractivity contribution in [2.45, 2.75) is 19.8 Å². The van der Waals surface area contributed by atoms with Gasteiger partial charge in [0.05, 0.1) is 12.1 Å². The van der Waals surface area contributed by atoms with Gasteiger partial charge >= 0.3 is 0 Å². The summed E-state index contributed by atoms with van der Waals surface area (Å²) in [5.74, 6) is 0.850. The van der Waals surface area contributed by atoms with Crippen molar-refractivity contribution in [1.82, 2.24) is 14.5 Å². The molecule has 1 aliphatic carbocycles. The van der Waals surface area contributed by atoms with E-state index >= 15 is 0 Å². The molecule has 2 heterocycles. The Kier molecular flexibility index (Phi) is 3.16. The maximum atomic E-state index is 11.9. The van der Waals surface area contributed by atoms with E-state index in [0.29, 0.717) is 15.7 Å². The Bertz CT molecular complexity index is 977. The van der Waals surface area contributed by atoms with Crippen molar-refractivity contribution in [3.63, 3.8) is 0 Å². The van der Waals surface area contributed by atoms with Gasteiger partial charge in [0, 0.05) is 17.3 Å². The molecule has 2 N–H and O–H groups in total. The Morgan fingerprint density at radius 2 is 2.00 bits per heavy atom. The molecule has 1 saturated carbocycles. The van der Waals surface area contributed by atoms with E-state index in [-0.39, 0.29) is 5.56 Å². The van der Waals surface area contributed by atoms with Crippen molar-refractivity contribution in [1.29, 1.82) is 0 Å². The Morgan fingerprint density at radius 3 is 2.70 bits per heavy atom. The molecule has 0 bridgehead atoms. The summed E-state index contributed by atoms with van der Waals surface area (Å²) < 4.78 is 8.06. The second-order valence-corrected chi connectivity index (χ2v) is 6.81. The number of H-pyrrole nitrogens is 2. The molecule has 2 aromatic heterocycles. The highest BCUT2D eigenvalue weighted by atomic mass is 32.1. The van der Waals surface area contributed by atoms with Crippen LogP contribution in [0.2, 0.25) is 0 Å². The molecule has 0 amide bonds. The van der Waals surface area contributed by atoms with E-state index in [2.05, 4.69) is 16.9 Å². The van der Waals surface area contributed by atoms with E-state index in [9.17, 15) is 4.79 Å². The predicted octanol–water partition coefficient (Wildman–Crippen LogP) is 3.56. The second-order valence-electron chi connectivity index (χ2n) is 6.43. The minimum absolute atomic E-state index is 0.205. The van der Waals surface area contributed by atoms with Crippen molar-refractivity contribution in [2.75, 3.05) is 6.61 Å². The lowest BCUT2D eigenvalue weighted by atomic mass is 10.2. The van der Waals surface area contributed by atoms with E-state index in [0.717, 1.165) is 23.6 Å². The van der Waals surface area contributed by atoms with E-state index in [1.807, 2.05) is 34.9 Å². The zero-order valence-corrected chi connectivity index (χ0v) is 13.6. The van der Waals surface area contributed by atoms with E-state index in [4.69, 9.17) is 17.0 Å². The van der Waals surface area contributed by atoms with Crippen LogP contribution < -0.4 is 10.3 Å². The molecule has 0 aliphatic heterocycles. The van der Waals surface area contributed by atoms with Gasteiger partial charge in [-0.3, -0.25) is 14.3 Å². The van der Waals surface area contributed by atoms with E-state index < -0.39 is 0 Å². The number of rotatable bonds is 4. The van der Waals surface area contributed by atoms with Crippen LogP contribution >= 0.6 is 12.2 Å². The summed E-state index contributed by atoms with van der Waals surface area (Å²) in [4.78, 5) is 17.5. The molecule has 118 valence electrons. The van der Waals surface area contributed by atoms with Crippen LogP contribution in [0.1, 0.15) is 19.8 Å². The summed E-state index contributed by atoms with van der Waals surface area (Å²) in [6.45, 7) is 3.00. The standard InChI is InChI=1S/C17H17N3O2S/c1-17(7-8-17)10-22-12-4-2-11(3-5-12)20-13-6-9-18-14(13)15(21)19-16(20)23/h2-6,9,18H,7-8,10H2,1H3,(H,19,21,23). The molecule has 0 radical (unpaired) electrons. The van der Waals surface area contributed by atoms with E-state index in [1.165, 1.54) is 12.8 Å². The molecule has 0 atom stereocenters. The lowest BCUT2D eigenvalue weighted by molar-refractivity contribution is 0.247. The first kappa shape index (κ1) is 14.3. The van der Waals surface area contributed by atoms with Crippen molar-refractivity contribution >= 4 is 23.3 Å². The summed E-state index contributed by atoms with van der Waals surface area (Å²) in [6, 6.07) is 9.62. The fourth-order valence-electron chi connectivity index (χ4n) is 2.62. The summed E-state index contributed by atoms with van der Waals surface area (Å²) in [6.07, 6.45) is 4.21. The number of fused-ring (bicyclic) bond motifs is 1.